The first-order valence-electron chi connectivity index (χ1n) is 27.1. The fraction of sp³-hybridized carbons (Fsp3) is 0.902. The van der Waals surface area contributed by atoms with E-state index in [2.05, 4.69) is 61.5 Å². The molecule has 0 aromatic heterocycles. The number of fused-ring (bicyclic) bond motifs is 4. The van der Waals surface area contributed by atoms with Crippen LogP contribution < -0.4 is 14.6 Å². The Hall–Kier alpha value is -0.690. The lowest BCUT2D eigenvalue weighted by molar-refractivity contribution is -0.564. The summed E-state index contributed by atoms with van der Waals surface area (Å²) in [5, 5.41) is 25.5. The van der Waals surface area contributed by atoms with Gasteiger partial charge in [-0.3, -0.25) is 0 Å². The lowest BCUT2D eigenvalue weighted by atomic mass is 9.69. The maximum atomic E-state index is 12.9. The summed E-state index contributed by atoms with van der Waals surface area (Å²) in [6.45, 7) is 4.22. The van der Waals surface area contributed by atoms with Gasteiger partial charge in [-0.1, -0.05) is 71.1 Å². The molecule has 382 valence electrons. The number of hydrogen-bond donors (Lipinski definition) is 3. The normalized spacial score (nSPS) is 35.7. The second kappa shape index (κ2) is 25.3. The quantitative estimate of drug-likeness (QED) is 0.0515. The molecule has 0 spiro atoms. The second-order valence-electron chi connectivity index (χ2n) is 21.8. The Morgan fingerprint density at radius 2 is 1.25 bits per heavy atom. The molecule has 8 aliphatic rings. The Balaban J connectivity index is 0.897. The van der Waals surface area contributed by atoms with Crippen molar-refractivity contribution in [3.05, 3.63) is 22.8 Å². The maximum absolute atomic E-state index is 12.9. The van der Waals surface area contributed by atoms with Gasteiger partial charge in [-0.2, -0.15) is 9.44 Å². The molecule has 6 saturated carbocycles. The number of thioether (sulfide) groups is 2. The SMILES string of the molecule is CCC(=CC1=[N+](CCCCCS(=O)(=O)NCOC2CCC(O)CC2)C2CC3CCCCC3CC2S1)C=C1SC2CC3CCCCC3CC2N1CCCCCS(=O)(=O)NCOC1CCC([O-])CC1. The zero-order valence-corrected chi connectivity index (χ0v) is 44.0. The van der Waals surface area contributed by atoms with Gasteiger partial charge in [-0.15, -0.1) is 17.9 Å². The Labute approximate surface area is 413 Å². The zero-order valence-electron chi connectivity index (χ0n) is 40.7. The molecule has 0 radical (unpaired) electrons. The van der Waals surface area contributed by atoms with Crippen molar-refractivity contribution in [1.82, 2.24) is 14.3 Å². The minimum atomic E-state index is -3.43. The standard InChI is InChI=1S/C51H86N4O8S4/c1-2-37(29-50-54(46-31-38-13-5-7-15-40(38)33-48(46)64-50)25-9-3-11-27-66(58,59)52-35-62-44-21-17-42(56)18-22-44)30-51-55(47-32-39-14-6-8-16-41(39)34-49(47)65-51)26-10-4-12-28-67(60,61)53-36-63-45-23-19-43(57)20-24-45/h29-30,38-49,52-53,56H,2-28,31-36H2,1H3. The topological polar surface area (TPSA) is 160 Å². The van der Waals surface area contributed by atoms with E-state index >= 15 is 0 Å². The molecule has 3 N–H and O–H groups in total. The molecule has 8 rings (SSSR count). The predicted octanol–water partition coefficient (Wildman–Crippen LogP) is 8.15. The van der Waals surface area contributed by atoms with Gasteiger partial charge >= 0.3 is 0 Å². The van der Waals surface area contributed by atoms with Crippen LogP contribution >= 0.6 is 23.5 Å². The van der Waals surface area contributed by atoms with E-state index in [0.717, 1.165) is 81.7 Å². The van der Waals surface area contributed by atoms with Gasteiger partial charge in [-0.25, -0.2) is 21.4 Å². The highest BCUT2D eigenvalue weighted by atomic mass is 32.2. The van der Waals surface area contributed by atoms with Crippen LogP contribution in [0.3, 0.4) is 0 Å². The number of rotatable bonds is 23. The van der Waals surface area contributed by atoms with Crippen molar-refractivity contribution >= 4 is 48.6 Å². The molecule has 0 aromatic rings. The third kappa shape index (κ3) is 15.2. The summed E-state index contributed by atoms with van der Waals surface area (Å²) in [5.74, 6) is 3.58. The molecule has 8 atom stereocenters. The number of ether oxygens (including phenoxy) is 2. The zero-order chi connectivity index (χ0) is 46.8. The summed E-state index contributed by atoms with van der Waals surface area (Å²) in [6, 6.07) is 1.09. The number of nitrogens with one attached hydrogen (secondary N) is 2. The first-order valence-corrected chi connectivity index (χ1v) is 32.2. The Kier molecular flexibility index (Phi) is 19.9. The summed E-state index contributed by atoms with van der Waals surface area (Å²) in [4.78, 5) is 2.74. The van der Waals surface area contributed by atoms with Crippen molar-refractivity contribution in [3.8, 4) is 0 Å². The summed E-state index contributed by atoms with van der Waals surface area (Å²) < 4.78 is 71.2. The van der Waals surface area contributed by atoms with Crippen LogP contribution in [0.5, 0.6) is 0 Å². The fourth-order valence-corrected chi connectivity index (χ4v) is 18.5. The first-order chi connectivity index (χ1) is 32.4. The molecule has 0 amide bonds. The van der Waals surface area contributed by atoms with Crippen LogP contribution in [0.4, 0.5) is 0 Å². The van der Waals surface area contributed by atoms with E-state index < -0.39 is 26.2 Å². The van der Waals surface area contributed by atoms with E-state index in [4.69, 9.17) is 9.47 Å². The highest BCUT2D eigenvalue weighted by molar-refractivity contribution is 8.14. The second-order valence-corrected chi connectivity index (χ2v) is 28.2. The van der Waals surface area contributed by atoms with Crippen LogP contribution in [0.15, 0.2) is 22.8 Å². The van der Waals surface area contributed by atoms with E-state index in [-0.39, 0.29) is 43.3 Å². The number of nitrogens with zero attached hydrogens (tertiary/aromatic N) is 2. The van der Waals surface area contributed by atoms with Crippen molar-refractivity contribution in [2.24, 2.45) is 23.7 Å². The molecule has 6 aliphatic carbocycles. The van der Waals surface area contributed by atoms with Crippen LogP contribution in [0.25, 0.3) is 0 Å². The van der Waals surface area contributed by atoms with E-state index in [0.29, 0.717) is 74.0 Å². The molecule has 16 heteroatoms. The molecule has 0 aromatic carbocycles. The summed E-state index contributed by atoms with van der Waals surface area (Å²) >= 11 is 4.25. The molecule has 8 unspecified atom stereocenters. The average molecular weight is 1010 g/mol. The third-order valence-corrected chi connectivity index (χ3v) is 22.7. The molecule has 0 bridgehead atoms. The monoisotopic (exact) mass is 1010 g/mol. The highest BCUT2D eigenvalue weighted by Crippen LogP contribution is 2.53. The Bertz CT molecular complexity index is 1900. The van der Waals surface area contributed by atoms with Gasteiger partial charge in [0.25, 0.3) is 0 Å². The number of allylic oxidation sites excluding steroid dienone is 2. The van der Waals surface area contributed by atoms with Crippen molar-refractivity contribution in [2.45, 2.75) is 227 Å². The number of sulfonamides is 2. The summed E-state index contributed by atoms with van der Waals surface area (Å²) in [7, 11) is -6.84. The van der Waals surface area contributed by atoms with Crippen molar-refractivity contribution in [3.63, 3.8) is 0 Å². The van der Waals surface area contributed by atoms with Gasteiger partial charge in [0.15, 0.2) is 6.04 Å². The summed E-state index contributed by atoms with van der Waals surface area (Å²) in [6.07, 6.45) is 31.9. The van der Waals surface area contributed by atoms with Crippen molar-refractivity contribution in [1.29, 1.82) is 0 Å². The fourth-order valence-electron chi connectivity index (χ4n) is 13.2. The molecule has 7 fully saturated rings. The van der Waals surface area contributed by atoms with Gasteiger partial charge in [-0.05, 0) is 143 Å². The Morgan fingerprint density at radius 1 is 0.701 bits per heavy atom. The molecule has 12 nitrogen and oxygen atoms in total. The molecule has 2 aliphatic heterocycles. The van der Waals surface area contributed by atoms with E-state index in [1.165, 1.54) is 92.7 Å². The minimum Gasteiger partial charge on any atom is -0.852 e. The van der Waals surface area contributed by atoms with E-state index in [1.54, 1.807) is 0 Å². The van der Waals surface area contributed by atoms with Crippen LogP contribution in [-0.2, 0) is 29.5 Å². The van der Waals surface area contributed by atoms with Crippen LogP contribution in [0.2, 0.25) is 0 Å². The molecular formula is C51H86N4O8S4. The van der Waals surface area contributed by atoms with Gasteiger partial charge < -0.3 is 24.6 Å². The first kappa shape index (κ1) is 52.6. The highest BCUT2D eigenvalue weighted by Gasteiger charge is 2.50. The van der Waals surface area contributed by atoms with Gasteiger partial charge in [0.05, 0.1) is 40.1 Å². The van der Waals surface area contributed by atoms with Crippen molar-refractivity contribution < 1.29 is 41.1 Å². The average Bonchev–Trinajstić information content (AvgIpc) is 3.82. The molecular weight excluding hydrogens is 925 g/mol. The van der Waals surface area contributed by atoms with E-state index in [1.807, 2.05) is 0 Å². The number of unbranched alkanes of at least 4 members (excludes halogenated alkanes) is 4. The Morgan fingerprint density at radius 3 is 1.87 bits per heavy atom. The maximum Gasteiger partial charge on any atom is 0.235 e. The van der Waals surface area contributed by atoms with Crippen molar-refractivity contribution in [2.75, 3.05) is 38.1 Å². The van der Waals surface area contributed by atoms with Gasteiger partial charge in [0.1, 0.15) is 20.0 Å². The largest absolute Gasteiger partial charge is 0.852 e. The molecule has 67 heavy (non-hydrogen) atoms. The van der Waals surface area contributed by atoms with Crippen LogP contribution in [-0.4, -0.2) is 122 Å². The lowest BCUT2D eigenvalue weighted by Gasteiger charge is -2.43. The van der Waals surface area contributed by atoms with Crippen LogP contribution in [0.1, 0.15) is 180 Å². The van der Waals surface area contributed by atoms with Gasteiger partial charge in [0, 0.05) is 36.8 Å². The minimum absolute atomic E-state index is 0.00719. The van der Waals surface area contributed by atoms with Crippen LogP contribution in [0, 0.1) is 23.7 Å². The molecule has 1 saturated heterocycles. The summed E-state index contributed by atoms with van der Waals surface area (Å²) in [5.41, 5.74) is 1.39. The number of hydrogen-bond acceptors (Lipinski definition) is 11. The number of aliphatic hydroxyl groups excluding tert-OH is 1. The lowest BCUT2D eigenvalue weighted by Crippen LogP contribution is -2.43. The molecule has 2 heterocycles. The number of aliphatic hydroxyl groups is 1. The third-order valence-electron chi connectivity index (χ3n) is 17.2. The smallest absolute Gasteiger partial charge is 0.235 e. The van der Waals surface area contributed by atoms with Gasteiger partial charge in [0.2, 0.25) is 25.1 Å². The predicted molar refractivity (Wildman–Crippen MR) is 271 cm³/mol. The van der Waals surface area contributed by atoms with E-state index in [9.17, 15) is 27.0 Å².